The molecule has 5 heteroatoms. The Balaban J connectivity index is 4.01. The zero-order chi connectivity index (χ0) is 12.3. The molecular weight excluding hydrogens is 213 g/mol. The first kappa shape index (κ1) is 15.1. The van der Waals surface area contributed by atoms with Crippen molar-refractivity contribution in [1.29, 1.82) is 0 Å². The second-order valence-electron chi connectivity index (χ2n) is 5.91. The van der Waals surface area contributed by atoms with Gasteiger partial charge in [-0.2, -0.15) is 0 Å². The van der Waals surface area contributed by atoms with Gasteiger partial charge >= 0.3 is 0 Å². The molecule has 0 amide bonds. The van der Waals surface area contributed by atoms with E-state index >= 15 is 0 Å². The molecule has 0 saturated carbocycles. The van der Waals surface area contributed by atoms with E-state index in [-0.39, 0.29) is 6.16 Å². The van der Waals surface area contributed by atoms with Crippen molar-refractivity contribution < 1.29 is 18.5 Å². The van der Waals surface area contributed by atoms with E-state index in [4.69, 9.17) is 4.52 Å². The Morgan fingerprint density at radius 3 is 2.07 bits per heavy atom. The lowest BCUT2D eigenvalue weighted by molar-refractivity contribution is -0.870. The lowest BCUT2D eigenvalue weighted by atomic mass is 10.2. The molecule has 0 spiro atoms. The summed E-state index contributed by atoms with van der Waals surface area (Å²) in [4.78, 5) is 11.5. The highest BCUT2D eigenvalue weighted by Gasteiger charge is 2.20. The topological polar surface area (TPSA) is 49.4 Å². The molecule has 0 heterocycles. The third kappa shape index (κ3) is 10.4. The van der Waals surface area contributed by atoms with Crippen molar-refractivity contribution >= 4 is 7.60 Å². The maximum Gasteiger partial charge on any atom is 0.135 e. The molecule has 0 aromatic rings. The summed E-state index contributed by atoms with van der Waals surface area (Å²) in [5.74, 6) is 0. The van der Waals surface area contributed by atoms with E-state index in [0.29, 0.717) is 6.42 Å². The van der Waals surface area contributed by atoms with Gasteiger partial charge in [0.1, 0.15) is 7.60 Å². The highest BCUT2D eigenvalue weighted by atomic mass is 31.2. The third-order valence-electron chi connectivity index (χ3n) is 1.67. The highest BCUT2D eigenvalue weighted by molar-refractivity contribution is 7.51. The summed E-state index contributed by atoms with van der Waals surface area (Å²) in [6, 6.07) is 0. The number of hydrogen-bond donors (Lipinski definition) is 0. The number of hydrogen-bond acceptors (Lipinski definition) is 3. The van der Waals surface area contributed by atoms with E-state index in [2.05, 4.69) is 0 Å². The molecule has 0 saturated heterocycles. The SMILES string of the molecule is CC(C)(C)OP(=O)([O-])CCC[N+](C)(C)C. The molecule has 0 N–H and O–H groups in total. The van der Waals surface area contributed by atoms with Crippen molar-refractivity contribution in [3.8, 4) is 0 Å². The molecular formula is C10H24NO3P. The molecule has 92 valence electrons. The largest absolute Gasteiger partial charge is 0.778 e. The summed E-state index contributed by atoms with van der Waals surface area (Å²) in [5, 5.41) is 0. The molecule has 0 bridgehead atoms. The van der Waals surface area contributed by atoms with Crippen LogP contribution in [0.15, 0.2) is 0 Å². The first-order valence-corrected chi connectivity index (χ1v) is 6.95. The first-order chi connectivity index (χ1) is 6.41. The van der Waals surface area contributed by atoms with Gasteiger partial charge in [0, 0.05) is 12.6 Å². The van der Waals surface area contributed by atoms with Crippen LogP contribution in [0.5, 0.6) is 0 Å². The van der Waals surface area contributed by atoms with Gasteiger partial charge in [0.15, 0.2) is 0 Å². The summed E-state index contributed by atoms with van der Waals surface area (Å²) in [6.45, 7) is 6.08. The maximum atomic E-state index is 11.5. The van der Waals surface area contributed by atoms with E-state index in [1.54, 1.807) is 20.8 Å². The maximum absolute atomic E-state index is 11.5. The van der Waals surface area contributed by atoms with Crippen LogP contribution in [0.2, 0.25) is 0 Å². The van der Waals surface area contributed by atoms with E-state index < -0.39 is 13.2 Å². The van der Waals surface area contributed by atoms with Gasteiger partial charge in [-0.1, -0.05) is 0 Å². The predicted molar refractivity (Wildman–Crippen MR) is 60.8 cm³/mol. The average molecular weight is 237 g/mol. The second kappa shape index (κ2) is 4.96. The fraction of sp³-hybridized carbons (Fsp3) is 1.00. The lowest BCUT2D eigenvalue weighted by Gasteiger charge is -2.32. The van der Waals surface area contributed by atoms with E-state index in [9.17, 15) is 9.46 Å². The van der Waals surface area contributed by atoms with Crippen molar-refractivity contribution in [3.05, 3.63) is 0 Å². The van der Waals surface area contributed by atoms with Crippen LogP contribution >= 0.6 is 7.60 Å². The van der Waals surface area contributed by atoms with Crippen LogP contribution in [0.4, 0.5) is 0 Å². The van der Waals surface area contributed by atoms with Crippen LogP contribution < -0.4 is 4.89 Å². The minimum atomic E-state index is -3.66. The fourth-order valence-electron chi connectivity index (χ4n) is 1.20. The molecule has 1 atom stereocenters. The van der Waals surface area contributed by atoms with Crippen molar-refractivity contribution in [2.75, 3.05) is 33.8 Å². The zero-order valence-electron chi connectivity index (χ0n) is 10.7. The molecule has 15 heavy (non-hydrogen) atoms. The third-order valence-corrected chi connectivity index (χ3v) is 3.36. The number of quaternary nitrogens is 1. The molecule has 0 rings (SSSR count). The average Bonchev–Trinajstić information content (AvgIpc) is 1.75. The van der Waals surface area contributed by atoms with Crippen LogP contribution in [0.1, 0.15) is 27.2 Å². The Labute approximate surface area is 93.4 Å². The summed E-state index contributed by atoms with van der Waals surface area (Å²) in [6.07, 6.45) is 0.764. The standard InChI is InChI=1S/C10H24NO3P/c1-10(2,3)14-15(12,13)9-7-8-11(4,5)6/h7-9H2,1-6H3. The molecule has 0 aromatic carbocycles. The Morgan fingerprint density at radius 2 is 1.73 bits per heavy atom. The van der Waals surface area contributed by atoms with Gasteiger partial charge in [0.25, 0.3) is 0 Å². The molecule has 0 radical (unpaired) electrons. The van der Waals surface area contributed by atoms with Crippen molar-refractivity contribution in [2.24, 2.45) is 0 Å². The van der Waals surface area contributed by atoms with Crippen LogP contribution in [0.25, 0.3) is 0 Å². The monoisotopic (exact) mass is 237 g/mol. The fourth-order valence-corrected chi connectivity index (χ4v) is 2.66. The highest BCUT2D eigenvalue weighted by Crippen LogP contribution is 2.42. The van der Waals surface area contributed by atoms with Gasteiger partial charge in [-0.25, -0.2) is 0 Å². The van der Waals surface area contributed by atoms with Gasteiger partial charge in [-0.15, -0.1) is 0 Å². The predicted octanol–water partition coefficient (Wildman–Crippen LogP) is 1.45. The molecule has 0 aliphatic rings. The number of rotatable bonds is 5. The number of nitrogens with zero attached hydrogens (tertiary/aromatic N) is 1. The van der Waals surface area contributed by atoms with Crippen LogP contribution in [0, 0.1) is 0 Å². The summed E-state index contributed by atoms with van der Waals surface area (Å²) >= 11 is 0. The van der Waals surface area contributed by atoms with Gasteiger partial charge < -0.3 is 18.5 Å². The van der Waals surface area contributed by atoms with Gasteiger partial charge in [-0.3, -0.25) is 0 Å². The van der Waals surface area contributed by atoms with Crippen LogP contribution in [-0.2, 0) is 9.09 Å². The molecule has 0 fully saturated rings. The Hall–Kier alpha value is 0.110. The zero-order valence-corrected chi connectivity index (χ0v) is 11.6. The normalized spacial score (nSPS) is 17.5. The molecule has 1 unspecified atom stereocenters. The summed E-state index contributed by atoms with van der Waals surface area (Å²) in [7, 11) is 2.47. The van der Waals surface area contributed by atoms with Crippen LogP contribution in [0.3, 0.4) is 0 Å². The van der Waals surface area contributed by atoms with E-state index in [0.717, 1.165) is 11.0 Å². The molecule has 0 aromatic heterocycles. The molecule has 0 aliphatic carbocycles. The first-order valence-electron chi connectivity index (χ1n) is 5.23. The molecule has 0 aliphatic heterocycles. The smallest absolute Gasteiger partial charge is 0.135 e. The van der Waals surface area contributed by atoms with Crippen molar-refractivity contribution in [1.82, 2.24) is 0 Å². The lowest BCUT2D eigenvalue weighted by Crippen LogP contribution is -2.36. The Morgan fingerprint density at radius 1 is 1.27 bits per heavy atom. The van der Waals surface area contributed by atoms with E-state index in [1.807, 2.05) is 21.1 Å². The van der Waals surface area contributed by atoms with E-state index in [1.165, 1.54) is 0 Å². The van der Waals surface area contributed by atoms with Crippen molar-refractivity contribution in [2.45, 2.75) is 32.8 Å². The van der Waals surface area contributed by atoms with Gasteiger partial charge in [0.05, 0.1) is 33.3 Å². The van der Waals surface area contributed by atoms with Crippen LogP contribution in [-0.4, -0.2) is 43.9 Å². The molecule has 4 nitrogen and oxygen atoms in total. The second-order valence-corrected chi connectivity index (χ2v) is 7.76. The minimum Gasteiger partial charge on any atom is -0.778 e. The van der Waals surface area contributed by atoms with Gasteiger partial charge in [0.2, 0.25) is 0 Å². The quantitative estimate of drug-likeness (QED) is 0.537. The van der Waals surface area contributed by atoms with Gasteiger partial charge in [-0.05, 0) is 20.8 Å². The minimum absolute atomic E-state index is 0.125. The summed E-state index contributed by atoms with van der Waals surface area (Å²) in [5.41, 5.74) is -0.617. The Kier molecular flexibility index (Phi) is 5.00. The van der Waals surface area contributed by atoms with Crippen molar-refractivity contribution in [3.63, 3.8) is 0 Å². The summed E-state index contributed by atoms with van der Waals surface area (Å²) < 4.78 is 17.3. The Bertz CT molecular complexity index is 240.